The lowest BCUT2D eigenvalue weighted by molar-refractivity contribution is -0.163. The highest BCUT2D eigenvalue weighted by Gasteiger charge is 2.40. The van der Waals surface area contributed by atoms with Gasteiger partial charge in [0.25, 0.3) is 0 Å². The van der Waals surface area contributed by atoms with Crippen LogP contribution in [-0.4, -0.2) is 22.2 Å². The van der Waals surface area contributed by atoms with Crippen LogP contribution in [0.4, 0.5) is 0 Å². The predicted octanol–water partition coefficient (Wildman–Crippen LogP) is 3.37. The molecule has 0 saturated heterocycles. The van der Waals surface area contributed by atoms with Crippen LogP contribution in [0.5, 0.6) is 5.75 Å². The first kappa shape index (κ1) is 17.5. The highest BCUT2D eigenvalue weighted by molar-refractivity contribution is 5.97. The third-order valence-electron chi connectivity index (χ3n) is 4.00. The molecule has 0 fully saturated rings. The van der Waals surface area contributed by atoms with E-state index in [0.717, 1.165) is 11.1 Å². The molecular formula is C19H20O5. The van der Waals surface area contributed by atoms with Gasteiger partial charge in [-0.05, 0) is 43.0 Å². The van der Waals surface area contributed by atoms with Crippen molar-refractivity contribution in [3.8, 4) is 5.75 Å². The fraction of sp³-hybridized carbons (Fsp3) is 0.263. The second-order valence-corrected chi connectivity index (χ2v) is 5.86. The van der Waals surface area contributed by atoms with E-state index in [2.05, 4.69) is 0 Å². The molecule has 0 atom stereocenters. The maximum absolute atomic E-state index is 11.2. The van der Waals surface area contributed by atoms with Crippen molar-refractivity contribution in [3.05, 3.63) is 65.7 Å². The summed E-state index contributed by atoms with van der Waals surface area (Å²) in [5, 5.41) is 18.3. The van der Waals surface area contributed by atoms with Crippen molar-refractivity contribution in [2.45, 2.75) is 26.4 Å². The number of carbonyl (C=O) groups is 2. The molecule has 2 N–H and O–H groups in total. The molecule has 0 amide bonds. The maximum atomic E-state index is 11.2. The number of carboxylic acids is 2. The molecule has 0 aromatic heterocycles. The summed E-state index contributed by atoms with van der Waals surface area (Å²) in [5.74, 6) is -1.98. The molecule has 2 aromatic carbocycles. The van der Waals surface area contributed by atoms with Gasteiger partial charge in [0.05, 0.1) is 0 Å². The Bertz CT molecular complexity index is 695. The molecule has 0 heterocycles. The third kappa shape index (κ3) is 4.35. The highest BCUT2D eigenvalue weighted by Crippen LogP contribution is 2.26. The van der Waals surface area contributed by atoms with Gasteiger partial charge in [0.15, 0.2) is 5.41 Å². The number of aliphatic carboxylic acids is 2. The van der Waals surface area contributed by atoms with E-state index >= 15 is 0 Å². The molecular weight excluding hydrogens is 308 g/mol. The SMILES string of the molecule is CC(CCc1cccc(OCc2ccccc2)c1)(C(=O)O)C(=O)O. The third-order valence-corrected chi connectivity index (χ3v) is 4.00. The minimum atomic E-state index is -1.79. The fourth-order valence-corrected chi connectivity index (χ4v) is 2.23. The average Bonchev–Trinajstić information content (AvgIpc) is 2.58. The molecule has 0 aliphatic carbocycles. The van der Waals surface area contributed by atoms with Crippen molar-refractivity contribution in [2.75, 3.05) is 0 Å². The number of aryl methyl sites for hydroxylation is 1. The topological polar surface area (TPSA) is 83.8 Å². The first-order valence-corrected chi connectivity index (χ1v) is 7.64. The van der Waals surface area contributed by atoms with Crippen LogP contribution in [-0.2, 0) is 22.6 Å². The number of carboxylic acid groups (broad SMARTS) is 2. The molecule has 0 bridgehead atoms. The Labute approximate surface area is 140 Å². The predicted molar refractivity (Wildman–Crippen MR) is 88.9 cm³/mol. The van der Waals surface area contributed by atoms with Gasteiger partial charge in [0, 0.05) is 0 Å². The Morgan fingerprint density at radius 3 is 2.21 bits per heavy atom. The molecule has 2 rings (SSSR count). The number of ether oxygens (including phenoxy) is 1. The van der Waals surface area contributed by atoms with E-state index in [1.165, 1.54) is 6.92 Å². The van der Waals surface area contributed by atoms with Crippen molar-refractivity contribution in [3.63, 3.8) is 0 Å². The summed E-state index contributed by atoms with van der Waals surface area (Å²) in [6.45, 7) is 1.67. The molecule has 0 unspecified atom stereocenters. The number of hydrogen-bond acceptors (Lipinski definition) is 3. The Kier molecular flexibility index (Phi) is 5.58. The van der Waals surface area contributed by atoms with Crippen LogP contribution < -0.4 is 4.74 Å². The molecule has 0 radical (unpaired) electrons. The van der Waals surface area contributed by atoms with Gasteiger partial charge in [-0.3, -0.25) is 9.59 Å². The minimum Gasteiger partial charge on any atom is -0.489 e. The first-order valence-electron chi connectivity index (χ1n) is 7.64. The fourth-order valence-electron chi connectivity index (χ4n) is 2.23. The highest BCUT2D eigenvalue weighted by atomic mass is 16.5. The quantitative estimate of drug-likeness (QED) is 0.726. The Morgan fingerprint density at radius 2 is 1.58 bits per heavy atom. The van der Waals surface area contributed by atoms with Gasteiger partial charge in [-0.1, -0.05) is 42.5 Å². The summed E-state index contributed by atoms with van der Waals surface area (Å²) in [5.41, 5.74) is 0.0995. The zero-order valence-corrected chi connectivity index (χ0v) is 13.4. The lowest BCUT2D eigenvalue weighted by Crippen LogP contribution is -2.36. The monoisotopic (exact) mass is 328 g/mol. The van der Waals surface area contributed by atoms with Crippen LogP contribution in [0.25, 0.3) is 0 Å². The Morgan fingerprint density at radius 1 is 0.958 bits per heavy atom. The van der Waals surface area contributed by atoms with Crippen molar-refractivity contribution >= 4 is 11.9 Å². The molecule has 24 heavy (non-hydrogen) atoms. The summed E-state index contributed by atoms with van der Waals surface area (Å²) in [6, 6.07) is 17.0. The summed E-state index contributed by atoms with van der Waals surface area (Å²) in [7, 11) is 0. The Hall–Kier alpha value is -2.82. The largest absolute Gasteiger partial charge is 0.489 e. The minimum absolute atomic E-state index is 0.0137. The molecule has 0 saturated carbocycles. The van der Waals surface area contributed by atoms with Crippen molar-refractivity contribution in [1.29, 1.82) is 0 Å². The van der Waals surface area contributed by atoms with Crippen molar-refractivity contribution < 1.29 is 24.5 Å². The molecule has 0 aliphatic rings. The van der Waals surface area contributed by atoms with E-state index in [1.807, 2.05) is 54.6 Å². The van der Waals surface area contributed by atoms with Gasteiger partial charge in [-0.15, -0.1) is 0 Å². The molecule has 126 valence electrons. The number of hydrogen-bond donors (Lipinski definition) is 2. The standard InChI is InChI=1S/C19H20O5/c1-19(17(20)21,18(22)23)11-10-14-8-5-9-16(12-14)24-13-15-6-3-2-4-7-15/h2-9,12H,10-11,13H2,1H3,(H,20,21)(H,22,23). The molecule has 0 aliphatic heterocycles. The second kappa shape index (κ2) is 7.64. The van der Waals surface area contributed by atoms with Crippen LogP contribution in [0.3, 0.4) is 0 Å². The van der Waals surface area contributed by atoms with Gasteiger partial charge < -0.3 is 14.9 Å². The van der Waals surface area contributed by atoms with Crippen LogP contribution >= 0.6 is 0 Å². The van der Waals surface area contributed by atoms with E-state index in [9.17, 15) is 9.59 Å². The van der Waals surface area contributed by atoms with Crippen molar-refractivity contribution in [1.82, 2.24) is 0 Å². The van der Waals surface area contributed by atoms with E-state index < -0.39 is 17.4 Å². The molecule has 5 heteroatoms. The molecule has 5 nitrogen and oxygen atoms in total. The van der Waals surface area contributed by atoms with Crippen LogP contribution in [0, 0.1) is 5.41 Å². The zero-order valence-electron chi connectivity index (χ0n) is 13.4. The lowest BCUT2D eigenvalue weighted by atomic mass is 9.84. The zero-order chi connectivity index (χ0) is 17.6. The first-order chi connectivity index (χ1) is 11.4. The summed E-state index contributed by atoms with van der Waals surface area (Å²) < 4.78 is 5.73. The van der Waals surface area contributed by atoms with Crippen LogP contribution in [0.1, 0.15) is 24.5 Å². The molecule has 2 aromatic rings. The smallest absolute Gasteiger partial charge is 0.320 e. The lowest BCUT2D eigenvalue weighted by Gasteiger charge is -2.19. The summed E-state index contributed by atoms with van der Waals surface area (Å²) in [6.07, 6.45) is 0.359. The van der Waals surface area contributed by atoms with Crippen LogP contribution in [0.15, 0.2) is 54.6 Å². The van der Waals surface area contributed by atoms with Gasteiger partial charge >= 0.3 is 11.9 Å². The van der Waals surface area contributed by atoms with Gasteiger partial charge in [-0.25, -0.2) is 0 Å². The average molecular weight is 328 g/mol. The molecule has 0 spiro atoms. The van der Waals surface area contributed by atoms with Crippen LogP contribution in [0.2, 0.25) is 0 Å². The maximum Gasteiger partial charge on any atom is 0.320 e. The van der Waals surface area contributed by atoms with E-state index in [4.69, 9.17) is 14.9 Å². The number of benzene rings is 2. The number of rotatable bonds is 8. The van der Waals surface area contributed by atoms with E-state index in [1.54, 1.807) is 0 Å². The van der Waals surface area contributed by atoms with Gasteiger partial charge in [0.2, 0.25) is 0 Å². The Balaban J connectivity index is 2.00. The van der Waals surface area contributed by atoms with Crippen molar-refractivity contribution in [2.24, 2.45) is 5.41 Å². The van der Waals surface area contributed by atoms with Gasteiger partial charge in [-0.2, -0.15) is 0 Å². The summed E-state index contributed by atoms with van der Waals surface area (Å²) >= 11 is 0. The van der Waals surface area contributed by atoms with E-state index in [-0.39, 0.29) is 6.42 Å². The van der Waals surface area contributed by atoms with Gasteiger partial charge in [0.1, 0.15) is 12.4 Å². The van der Waals surface area contributed by atoms with E-state index in [0.29, 0.717) is 18.8 Å². The summed E-state index contributed by atoms with van der Waals surface area (Å²) in [4.78, 5) is 22.4. The second-order valence-electron chi connectivity index (χ2n) is 5.86. The normalized spacial score (nSPS) is 11.0.